The molecule has 0 aliphatic heterocycles. The van der Waals surface area contributed by atoms with Crippen molar-refractivity contribution < 1.29 is 30.6 Å². The molecule has 2 rings (SSSR count). The first kappa shape index (κ1) is 27.2. The van der Waals surface area contributed by atoms with Crippen LogP contribution in [0.3, 0.4) is 0 Å². The molecule has 0 bridgehead atoms. The topological polar surface area (TPSA) is 9.23 Å². The molecule has 0 saturated heterocycles. The molecule has 0 spiro atoms. The van der Waals surface area contributed by atoms with E-state index in [-0.39, 0.29) is 56.1 Å². The van der Waals surface area contributed by atoms with Gasteiger partial charge in [-0.3, -0.25) is 0 Å². The van der Waals surface area contributed by atoms with E-state index in [9.17, 15) is 0 Å². The standard InChI is InChI=1S/C15H21OSi.C2H5.2ClH.Zr/c1-15(2,3)17(4,5)16-14-10-12-8-6-7-9-13(12)11-14;1-2;;;/h6-11H,1-5H3;1H2,2H3;2*1H;/q2*-1;;;+2. The van der Waals surface area contributed by atoms with Gasteiger partial charge < -0.3 is 11.3 Å². The van der Waals surface area contributed by atoms with Crippen molar-refractivity contribution in [3.05, 3.63) is 43.3 Å². The summed E-state index contributed by atoms with van der Waals surface area (Å²) in [4.78, 5) is 0. The molecule has 2 aromatic carbocycles. The maximum atomic E-state index is 6.29. The van der Waals surface area contributed by atoms with Crippen LogP contribution in [0.4, 0.5) is 0 Å². The Kier molecular flexibility index (Phi) is 13.5. The Morgan fingerprint density at radius 3 is 2.00 bits per heavy atom. The summed E-state index contributed by atoms with van der Waals surface area (Å²) in [5.74, 6) is 1.03. The van der Waals surface area contributed by atoms with E-state index in [2.05, 4.69) is 77.2 Å². The number of hydrogen-bond acceptors (Lipinski definition) is 1. The van der Waals surface area contributed by atoms with Crippen LogP contribution >= 0.6 is 24.8 Å². The van der Waals surface area contributed by atoms with E-state index in [1.165, 1.54) is 10.8 Å². The van der Waals surface area contributed by atoms with Gasteiger partial charge in [0, 0.05) is 5.75 Å². The molecule has 0 saturated carbocycles. The second-order valence-electron chi connectivity index (χ2n) is 6.18. The van der Waals surface area contributed by atoms with Gasteiger partial charge in [-0.15, -0.1) is 65.9 Å². The van der Waals surface area contributed by atoms with Gasteiger partial charge in [0.25, 0.3) is 0 Å². The summed E-state index contributed by atoms with van der Waals surface area (Å²) in [6.45, 7) is 16.4. The Bertz CT molecular complexity index is 500. The van der Waals surface area contributed by atoms with Crippen molar-refractivity contribution in [2.45, 2.75) is 45.8 Å². The molecule has 5 heteroatoms. The fourth-order valence-corrected chi connectivity index (χ4v) is 2.64. The molecular weight excluding hydrogens is 410 g/mol. The van der Waals surface area contributed by atoms with Gasteiger partial charge in [-0.2, -0.15) is 6.92 Å². The van der Waals surface area contributed by atoms with E-state index in [0.717, 1.165) is 5.75 Å². The molecule has 0 atom stereocenters. The SMILES string of the molecule is CC(C)(C)[Si](C)(C)Oc1cc2ccccc2[cH-]1.Cl.Cl.[CH2-]C.[Zr+2]. The van der Waals surface area contributed by atoms with E-state index < -0.39 is 8.32 Å². The first-order valence-corrected chi connectivity index (χ1v) is 9.76. The van der Waals surface area contributed by atoms with Gasteiger partial charge in [0.2, 0.25) is 8.32 Å². The summed E-state index contributed by atoms with van der Waals surface area (Å²) < 4.78 is 6.29. The predicted octanol–water partition coefficient (Wildman–Crippen LogP) is 6.62. The molecule has 0 heterocycles. The third kappa shape index (κ3) is 6.83. The molecular formula is C17H28Cl2OSiZr. The fraction of sp³-hybridized carbons (Fsp3) is 0.412. The molecule has 0 N–H and O–H groups in total. The molecule has 0 fully saturated rings. The van der Waals surface area contributed by atoms with Gasteiger partial charge in [0.05, 0.1) is 0 Å². The quantitative estimate of drug-likeness (QED) is 0.378. The zero-order chi connectivity index (χ0) is 14.7. The molecule has 124 valence electrons. The Labute approximate surface area is 168 Å². The summed E-state index contributed by atoms with van der Waals surface area (Å²) in [5, 5.41) is 2.78. The van der Waals surface area contributed by atoms with Crippen molar-refractivity contribution in [2.24, 2.45) is 0 Å². The minimum Gasteiger partial charge on any atom is -0.559 e. The Morgan fingerprint density at radius 2 is 1.55 bits per heavy atom. The number of halogens is 2. The van der Waals surface area contributed by atoms with Crippen molar-refractivity contribution in [1.82, 2.24) is 0 Å². The summed E-state index contributed by atoms with van der Waals surface area (Å²) in [6.07, 6.45) is 0. The summed E-state index contributed by atoms with van der Waals surface area (Å²) in [7, 11) is -1.71. The van der Waals surface area contributed by atoms with Crippen LogP contribution in [0.15, 0.2) is 36.4 Å². The Balaban J connectivity index is -0.000000693. The normalized spacial score (nSPS) is 10.3. The van der Waals surface area contributed by atoms with Crippen molar-refractivity contribution in [1.29, 1.82) is 0 Å². The minimum absolute atomic E-state index is 0. The van der Waals surface area contributed by atoms with Crippen LogP contribution in [0.1, 0.15) is 27.7 Å². The van der Waals surface area contributed by atoms with Crippen LogP contribution < -0.4 is 4.43 Å². The molecule has 2 aromatic rings. The van der Waals surface area contributed by atoms with Gasteiger partial charge in [-0.1, -0.05) is 26.8 Å². The first-order chi connectivity index (χ1) is 8.79. The molecule has 0 radical (unpaired) electrons. The van der Waals surface area contributed by atoms with E-state index in [1.54, 1.807) is 6.92 Å². The smallest absolute Gasteiger partial charge is 0.559 e. The second kappa shape index (κ2) is 11.0. The van der Waals surface area contributed by atoms with E-state index in [4.69, 9.17) is 4.43 Å². The number of benzene rings is 1. The molecule has 22 heavy (non-hydrogen) atoms. The van der Waals surface area contributed by atoms with Crippen LogP contribution in [0.5, 0.6) is 5.75 Å². The van der Waals surface area contributed by atoms with Gasteiger partial charge in [-0.05, 0) is 18.1 Å². The maximum absolute atomic E-state index is 6.29. The molecule has 0 aliphatic carbocycles. The minimum atomic E-state index is -1.71. The molecule has 0 unspecified atom stereocenters. The predicted molar refractivity (Wildman–Crippen MR) is 103 cm³/mol. The van der Waals surface area contributed by atoms with Gasteiger partial charge in [0.15, 0.2) is 0 Å². The maximum Gasteiger partial charge on any atom is 2.00 e. The molecule has 1 nitrogen and oxygen atoms in total. The van der Waals surface area contributed by atoms with Gasteiger partial charge in [0.1, 0.15) is 0 Å². The monoisotopic (exact) mass is 436 g/mol. The second-order valence-corrected chi connectivity index (χ2v) is 10.9. The largest absolute Gasteiger partial charge is 2.00 e. The summed E-state index contributed by atoms with van der Waals surface area (Å²) >= 11 is 0. The van der Waals surface area contributed by atoms with Crippen molar-refractivity contribution in [3.8, 4) is 5.75 Å². The average molecular weight is 439 g/mol. The van der Waals surface area contributed by atoms with Gasteiger partial charge >= 0.3 is 26.2 Å². The summed E-state index contributed by atoms with van der Waals surface area (Å²) in [6, 6.07) is 12.7. The number of hydrogen-bond donors (Lipinski definition) is 0. The van der Waals surface area contributed by atoms with Crippen molar-refractivity contribution >= 4 is 43.9 Å². The Hall–Kier alpha value is 0.310. The van der Waals surface area contributed by atoms with Gasteiger partial charge in [-0.25, -0.2) is 0 Å². The third-order valence-corrected chi connectivity index (χ3v) is 8.13. The van der Waals surface area contributed by atoms with E-state index in [1.807, 2.05) is 0 Å². The Morgan fingerprint density at radius 1 is 1.05 bits per heavy atom. The zero-order valence-electron chi connectivity index (χ0n) is 14.4. The van der Waals surface area contributed by atoms with Crippen LogP contribution in [0.25, 0.3) is 10.8 Å². The fourth-order valence-electron chi connectivity index (χ4n) is 1.63. The van der Waals surface area contributed by atoms with Crippen LogP contribution in [-0.4, -0.2) is 8.32 Å². The van der Waals surface area contributed by atoms with Crippen LogP contribution in [-0.2, 0) is 26.2 Å². The van der Waals surface area contributed by atoms with E-state index in [0.29, 0.717) is 0 Å². The summed E-state index contributed by atoms with van der Waals surface area (Å²) in [5.41, 5.74) is 0. The van der Waals surface area contributed by atoms with Crippen LogP contribution in [0, 0.1) is 6.92 Å². The van der Waals surface area contributed by atoms with Crippen molar-refractivity contribution in [3.63, 3.8) is 0 Å². The van der Waals surface area contributed by atoms with E-state index >= 15 is 0 Å². The van der Waals surface area contributed by atoms with Crippen molar-refractivity contribution in [2.75, 3.05) is 0 Å². The molecule has 0 amide bonds. The number of fused-ring (bicyclic) bond motifs is 1. The first-order valence-electron chi connectivity index (χ1n) is 6.85. The molecule has 0 aliphatic rings. The third-order valence-electron chi connectivity index (χ3n) is 3.77. The average Bonchev–Trinajstić information content (AvgIpc) is 2.71. The molecule has 0 aromatic heterocycles. The van der Waals surface area contributed by atoms with Crippen LogP contribution in [0.2, 0.25) is 18.1 Å². The number of rotatable bonds is 2. The zero-order valence-corrected chi connectivity index (χ0v) is 19.5.